The molecule has 2 aliphatic carbocycles. The lowest BCUT2D eigenvalue weighted by Crippen LogP contribution is -2.40. The van der Waals surface area contributed by atoms with Crippen LogP contribution in [0.15, 0.2) is 12.1 Å². The van der Waals surface area contributed by atoms with Gasteiger partial charge in [-0.3, -0.25) is 0 Å². The van der Waals surface area contributed by atoms with Crippen LogP contribution in [0.1, 0.15) is 63.9 Å². The van der Waals surface area contributed by atoms with Gasteiger partial charge < -0.3 is 4.74 Å². The minimum absolute atomic E-state index is 0.0164. The third kappa shape index (κ3) is 3.56. The molecular formula is C21H27F5O. The first-order valence-electron chi connectivity index (χ1n) is 9.91. The van der Waals surface area contributed by atoms with Crippen molar-refractivity contribution in [1.29, 1.82) is 0 Å². The van der Waals surface area contributed by atoms with Crippen LogP contribution in [-0.4, -0.2) is 24.6 Å². The van der Waals surface area contributed by atoms with Crippen molar-refractivity contribution >= 4 is 0 Å². The Hall–Kier alpha value is -1.33. The van der Waals surface area contributed by atoms with Crippen LogP contribution in [0, 0.1) is 23.5 Å². The summed E-state index contributed by atoms with van der Waals surface area (Å²) in [6, 6.07) is 2.69. The fourth-order valence-electron chi connectivity index (χ4n) is 5.01. The molecule has 1 aromatic carbocycles. The van der Waals surface area contributed by atoms with Crippen molar-refractivity contribution in [2.75, 3.05) is 6.61 Å². The van der Waals surface area contributed by atoms with Crippen molar-refractivity contribution in [1.82, 2.24) is 0 Å². The largest absolute Gasteiger partial charge is 0.491 e. The van der Waals surface area contributed by atoms with Gasteiger partial charge in [-0.1, -0.05) is 19.4 Å². The van der Waals surface area contributed by atoms with Gasteiger partial charge in [0.15, 0.2) is 11.6 Å². The highest BCUT2D eigenvalue weighted by Crippen LogP contribution is 2.55. The quantitative estimate of drug-likeness (QED) is 0.525. The van der Waals surface area contributed by atoms with E-state index in [2.05, 4.69) is 0 Å². The van der Waals surface area contributed by atoms with Crippen LogP contribution in [0.2, 0.25) is 0 Å². The Labute approximate surface area is 157 Å². The highest BCUT2D eigenvalue weighted by Gasteiger charge is 2.60. The molecule has 6 unspecified atom stereocenters. The molecule has 0 bridgehead atoms. The number of fused-ring (bicyclic) bond motifs is 1. The third-order valence-corrected chi connectivity index (χ3v) is 6.34. The van der Waals surface area contributed by atoms with Gasteiger partial charge >= 0.3 is 0 Å². The van der Waals surface area contributed by atoms with Gasteiger partial charge in [0.25, 0.3) is 0 Å². The van der Waals surface area contributed by atoms with Crippen LogP contribution in [0.4, 0.5) is 22.0 Å². The lowest BCUT2D eigenvalue weighted by Gasteiger charge is -2.29. The number of halogens is 5. The summed E-state index contributed by atoms with van der Waals surface area (Å²) in [6.07, 6.45) is -2.01. The molecule has 0 N–H and O–H groups in total. The number of rotatable bonds is 5. The van der Waals surface area contributed by atoms with Gasteiger partial charge in [0.1, 0.15) is 18.0 Å². The first-order chi connectivity index (χ1) is 12.8. The second kappa shape index (κ2) is 7.96. The smallest absolute Gasteiger partial charge is 0.200 e. The van der Waals surface area contributed by atoms with E-state index >= 15 is 4.39 Å². The van der Waals surface area contributed by atoms with Gasteiger partial charge in [0.05, 0.1) is 6.61 Å². The van der Waals surface area contributed by atoms with E-state index in [9.17, 15) is 17.6 Å². The van der Waals surface area contributed by atoms with Crippen LogP contribution < -0.4 is 4.74 Å². The number of hydrogen-bond acceptors (Lipinski definition) is 1. The van der Waals surface area contributed by atoms with Crippen LogP contribution in [-0.2, 0) is 0 Å². The van der Waals surface area contributed by atoms with E-state index in [4.69, 9.17) is 4.74 Å². The first kappa shape index (κ1) is 20.4. The summed E-state index contributed by atoms with van der Waals surface area (Å²) in [5.41, 5.74) is -2.20. The standard InChI is InChI=1S/C21H27F5O/c1-3-5-13-10-15-16(22)11-12(8-9-21(15,26)20(13)25)14-6-7-17(27-4-2)19(24)18(14)23/h6-7,12-13,15-16,20H,3-5,8-11H2,1-2H3. The second-order valence-corrected chi connectivity index (χ2v) is 7.92. The van der Waals surface area contributed by atoms with E-state index in [1.54, 1.807) is 6.92 Å². The molecular weight excluding hydrogens is 363 g/mol. The highest BCUT2D eigenvalue weighted by atomic mass is 19.2. The molecule has 6 atom stereocenters. The topological polar surface area (TPSA) is 9.23 Å². The van der Waals surface area contributed by atoms with Crippen LogP contribution >= 0.6 is 0 Å². The average Bonchev–Trinajstić information content (AvgIpc) is 2.80. The molecule has 0 radical (unpaired) electrons. The van der Waals surface area contributed by atoms with Crippen LogP contribution in [0.25, 0.3) is 0 Å². The van der Waals surface area contributed by atoms with Gasteiger partial charge in [-0.25, -0.2) is 17.6 Å². The molecule has 0 spiro atoms. The molecule has 6 heteroatoms. The number of benzene rings is 1. The van der Waals surface area contributed by atoms with E-state index in [0.717, 1.165) is 6.42 Å². The van der Waals surface area contributed by atoms with E-state index in [1.165, 1.54) is 12.1 Å². The van der Waals surface area contributed by atoms with E-state index in [0.29, 0.717) is 6.42 Å². The maximum atomic E-state index is 15.5. The first-order valence-corrected chi connectivity index (χ1v) is 9.91. The zero-order valence-corrected chi connectivity index (χ0v) is 15.8. The lowest BCUT2D eigenvalue weighted by atomic mass is 9.86. The summed E-state index contributed by atoms with van der Waals surface area (Å²) in [6.45, 7) is 3.75. The van der Waals surface area contributed by atoms with Gasteiger partial charge in [-0.15, -0.1) is 0 Å². The predicted molar refractivity (Wildman–Crippen MR) is 94.3 cm³/mol. The van der Waals surface area contributed by atoms with Crippen molar-refractivity contribution < 1.29 is 26.7 Å². The summed E-state index contributed by atoms with van der Waals surface area (Å²) in [5.74, 6) is -4.55. The molecule has 27 heavy (non-hydrogen) atoms. The minimum atomic E-state index is -2.21. The van der Waals surface area contributed by atoms with E-state index < -0.39 is 47.4 Å². The zero-order valence-electron chi connectivity index (χ0n) is 15.8. The maximum absolute atomic E-state index is 15.5. The Balaban J connectivity index is 1.84. The minimum Gasteiger partial charge on any atom is -0.491 e. The molecule has 0 saturated heterocycles. The highest BCUT2D eigenvalue weighted by molar-refractivity contribution is 5.33. The summed E-state index contributed by atoms with van der Waals surface area (Å²) in [5, 5.41) is 0. The van der Waals surface area contributed by atoms with E-state index in [1.807, 2.05) is 6.92 Å². The Morgan fingerprint density at radius 2 is 1.85 bits per heavy atom. The van der Waals surface area contributed by atoms with Crippen molar-refractivity contribution in [2.24, 2.45) is 11.8 Å². The number of hydrogen-bond donors (Lipinski definition) is 0. The fourth-order valence-corrected chi connectivity index (χ4v) is 5.01. The average molecular weight is 390 g/mol. The molecule has 2 fully saturated rings. The number of alkyl halides is 3. The lowest BCUT2D eigenvalue weighted by molar-refractivity contribution is -0.00223. The fraction of sp³-hybridized carbons (Fsp3) is 0.714. The molecule has 1 nitrogen and oxygen atoms in total. The summed E-state index contributed by atoms with van der Waals surface area (Å²) < 4.78 is 78.9. The molecule has 1 aromatic rings. The number of ether oxygens (including phenoxy) is 1. The second-order valence-electron chi connectivity index (χ2n) is 7.92. The van der Waals surface area contributed by atoms with E-state index in [-0.39, 0.29) is 43.6 Å². The SMILES string of the molecule is CCCC1CC2C(F)CC(c3ccc(OCC)c(F)c3F)CCC2(F)C1F. The maximum Gasteiger partial charge on any atom is 0.200 e. The Morgan fingerprint density at radius 1 is 1.11 bits per heavy atom. The Kier molecular flexibility index (Phi) is 6.02. The molecule has 0 aromatic heterocycles. The third-order valence-electron chi connectivity index (χ3n) is 6.34. The van der Waals surface area contributed by atoms with Gasteiger partial charge in [0, 0.05) is 5.92 Å². The summed E-state index contributed by atoms with van der Waals surface area (Å²) in [4.78, 5) is 0. The predicted octanol–water partition coefficient (Wildman–Crippen LogP) is 6.45. The molecule has 0 aliphatic heterocycles. The molecule has 2 saturated carbocycles. The van der Waals surface area contributed by atoms with Crippen molar-refractivity contribution in [3.63, 3.8) is 0 Å². The van der Waals surface area contributed by atoms with Gasteiger partial charge in [-0.2, -0.15) is 4.39 Å². The monoisotopic (exact) mass is 390 g/mol. The van der Waals surface area contributed by atoms with Crippen molar-refractivity contribution in [3.8, 4) is 5.75 Å². The molecule has 0 heterocycles. The molecule has 2 aliphatic rings. The van der Waals surface area contributed by atoms with Crippen molar-refractivity contribution in [2.45, 2.75) is 76.3 Å². The van der Waals surface area contributed by atoms with Crippen LogP contribution in [0.5, 0.6) is 5.75 Å². The summed E-state index contributed by atoms with van der Waals surface area (Å²) >= 11 is 0. The van der Waals surface area contributed by atoms with Crippen LogP contribution in [0.3, 0.4) is 0 Å². The molecule has 0 amide bonds. The zero-order chi connectivity index (χ0) is 19.8. The van der Waals surface area contributed by atoms with Gasteiger partial charge in [0.2, 0.25) is 5.82 Å². The summed E-state index contributed by atoms with van der Waals surface area (Å²) in [7, 11) is 0. The molecule has 3 rings (SSSR count). The normalized spacial score (nSPS) is 36.3. The Morgan fingerprint density at radius 3 is 2.52 bits per heavy atom. The Bertz CT molecular complexity index is 666. The van der Waals surface area contributed by atoms with Gasteiger partial charge in [-0.05, 0) is 62.5 Å². The molecule has 152 valence electrons. The van der Waals surface area contributed by atoms with Crippen molar-refractivity contribution in [3.05, 3.63) is 29.3 Å².